The maximum atomic E-state index is 12.6. The second-order valence-electron chi connectivity index (χ2n) is 5.94. The Bertz CT molecular complexity index is 498. The monoisotopic (exact) mass is 337 g/mol. The second-order valence-corrected chi connectivity index (χ2v) is 6.97. The van der Waals surface area contributed by atoms with Crippen LogP contribution in [0.2, 0.25) is 0 Å². The predicted octanol–water partition coefficient (Wildman–Crippen LogP) is 2.09. The minimum absolute atomic E-state index is 0.0193. The van der Waals surface area contributed by atoms with Crippen LogP contribution in [0.4, 0.5) is 0 Å². The van der Waals surface area contributed by atoms with E-state index in [2.05, 4.69) is 30.1 Å². The van der Waals surface area contributed by atoms with Gasteiger partial charge in [-0.15, -0.1) is 11.3 Å². The van der Waals surface area contributed by atoms with E-state index in [1.807, 2.05) is 16.3 Å². The number of carbonyl (C=O) groups excluding carboxylic acids is 2. The molecule has 1 aliphatic heterocycles. The summed E-state index contributed by atoms with van der Waals surface area (Å²) in [6.45, 7) is 7.88. The lowest BCUT2D eigenvalue weighted by Gasteiger charge is -2.35. The fraction of sp³-hybridized carbons (Fsp3) is 0.647. The van der Waals surface area contributed by atoms with Gasteiger partial charge in [0, 0.05) is 37.6 Å². The van der Waals surface area contributed by atoms with E-state index in [1.54, 1.807) is 11.3 Å². The van der Waals surface area contributed by atoms with Crippen LogP contribution in [0.1, 0.15) is 38.0 Å². The highest BCUT2D eigenvalue weighted by atomic mass is 32.1. The van der Waals surface area contributed by atoms with Crippen LogP contribution in [0.3, 0.4) is 0 Å². The number of piperazine rings is 1. The summed E-state index contributed by atoms with van der Waals surface area (Å²) >= 11 is 1.69. The summed E-state index contributed by atoms with van der Waals surface area (Å²) in [5.41, 5.74) is 0. The van der Waals surface area contributed by atoms with E-state index in [9.17, 15) is 9.59 Å². The molecular weight excluding hydrogens is 310 g/mol. The lowest BCUT2D eigenvalue weighted by molar-refractivity contribution is -0.139. The molecule has 0 radical (unpaired) electrons. The Kier molecular flexibility index (Phi) is 7.05. The van der Waals surface area contributed by atoms with Gasteiger partial charge in [0.15, 0.2) is 0 Å². The summed E-state index contributed by atoms with van der Waals surface area (Å²) in [5.74, 6) is 0.0704. The topological polar surface area (TPSA) is 52.7 Å². The third kappa shape index (κ3) is 5.04. The van der Waals surface area contributed by atoms with Gasteiger partial charge in [0.25, 0.3) is 0 Å². The van der Waals surface area contributed by atoms with Gasteiger partial charge in [-0.25, -0.2) is 0 Å². The summed E-state index contributed by atoms with van der Waals surface area (Å²) < 4.78 is 0. The minimum atomic E-state index is -0.352. The van der Waals surface area contributed by atoms with E-state index < -0.39 is 0 Å². The van der Waals surface area contributed by atoms with Crippen molar-refractivity contribution >= 4 is 23.2 Å². The number of hydrogen-bond donors (Lipinski definition) is 1. The first-order chi connectivity index (χ1) is 11.2. The van der Waals surface area contributed by atoms with Crippen LogP contribution >= 0.6 is 11.3 Å². The fourth-order valence-corrected chi connectivity index (χ4v) is 3.70. The van der Waals surface area contributed by atoms with Gasteiger partial charge in [0.05, 0.1) is 12.5 Å². The average Bonchev–Trinajstić information content (AvgIpc) is 3.03. The SMILES string of the molecule is CCCN(CCC)C(=O)CC1C(=O)NCCN1Cc1cccs1. The molecule has 0 bridgehead atoms. The third-order valence-electron chi connectivity index (χ3n) is 4.09. The van der Waals surface area contributed by atoms with Crippen LogP contribution in [0, 0.1) is 0 Å². The Morgan fingerprint density at radius 3 is 2.74 bits per heavy atom. The molecule has 2 rings (SSSR count). The number of nitrogens with zero attached hydrogens (tertiary/aromatic N) is 2. The number of hydrogen-bond acceptors (Lipinski definition) is 4. The largest absolute Gasteiger partial charge is 0.353 e. The Morgan fingerprint density at radius 1 is 1.39 bits per heavy atom. The molecular formula is C17H27N3O2S. The Morgan fingerprint density at radius 2 is 2.13 bits per heavy atom. The van der Waals surface area contributed by atoms with E-state index in [1.165, 1.54) is 4.88 Å². The highest BCUT2D eigenvalue weighted by Gasteiger charge is 2.32. The Balaban J connectivity index is 2.02. The molecule has 0 spiro atoms. The molecule has 2 heterocycles. The highest BCUT2D eigenvalue weighted by Crippen LogP contribution is 2.18. The summed E-state index contributed by atoms with van der Waals surface area (Å²) in [5, 5.41) is 4.95. The zero-order valence-electron chi connectivity index (χ0n) is 14.1. The summed E-state index contributed by atoms with van der Waals surface area (Å²) in [6, 6.07) is 3.75. The molecule has 1 N–H and O–H groups in total. The van der Waals surface area contributed by atoms with Gasteiger partial charge in [0.1, 0.15) is 0 Å². The van der Waals surface area contributed by atoms with Crippen LogP contribution in [0.25, 0.3) is 0 Å². The second kappa shape index (κ2) is 9.03. The number of thiophene rings is 1. The van der Waals surface area contributed by atoms with Crippen LogP contribution < -0.4 is 5.32 Å². The van der Waals surface area contributed by atoms with Gasteiger partial charge in [-0.1, -0.05) is 19.9 Å². The summed E-state index contributed by atoms with van der Waals surface area (Å²) in [6.07, 6.45) is 2.17. The number of nitrogens with one attached hydrogen (secondary N) is 1. The van der Waals surface area contributed by atoms with Crippen molar-refractivity contribution in [1.29, 1.82) is 0 Å². The van der Waals surface area contributed by atoms with Gasteiger partial charge in [0.2, 0.25) is 11.8 Å². The van der Waals surface area contributed by atoms with E-state index in [-0.39, 0.29) is 24.3 Å². The van der Waals surface area contributed by atoms with Gasteiger partial charge < -0.3 is 10.2 Å². The van der Waals surface area contributed by atoms with Crippen LogP contribution in [-0.2, 0) is 16.1 Å². The van der Waals surface area contributed by atoms with Crippen molar-refractivity contribution in [2.45, 2.75) is 45.7 Å². The minimum Gasteiger partial charge on any atom is -0.353 e. The summed E-state index contributed by atoms with van der Waals surface area (Å²) in [4.78, 5) is 30.2. The first kappa shape index (κ1) is 17.9. The van der Waals surface area contributed by atoms with Crippen molar-refractivity contribution in [2.75, 3.05) is 26.2 Å². The summed E-state index contributed by atoms with van der Waals surface area (Å²) in [7, 11) is 0. The van der Waals surface area contributed by atoms with Gasteiger partial charge >= 0.3 is 0 Å². The molecule has 0 aliphatic carbocycles. The molecule has 128 valence electrons. The van der Waals surface area contributed by atoms with Gasteiger partial charge in [-0.3, -0.25) is 14.5 Å². The van der Waals surface area contributed by atoms with Crippen LogP contribution in [0.15, 0.2) is 17.5 Å². The van der Waals surface area contributed by atoms with E-state index in [0.717, 1.165) is 39.0 Å². The fourth-order valence-electron chi connectivity index (χ4n) is 2.97. The molecule has 1 saturated heterocycles. The quantitative estimate of drug-likeness (QED) is 0.790. The smallest absolute Gasteiger partial charge is 0.237 e. The lowest BCUT2D eigenvalue weighted by Crippen LogP contribution is -2.56. The maximum Gasteiger partial charge on any atom is 0.237 e. The Hall–Kier alpha value is -1.40. The molecule has 1 aliphatic rings. The molecule has 6 heteroatoms. The predicted molar refractivity (Wildman–Crippen MR) is 93.3 cm³/mol. The van der Waals surface area contributed by atoms with Crippen molar-refractivity contribution in [3.05, 3.63) is 22.4 Å². The number of carbonyl (C=O) groups is 2. The van der Waals surface area contributed by atoms with Gasteiger partial charge in [-0.05, 0) is 24.3 Å². The molecule has 2 amide bonds. The maximum absolute atomic E-state index is 12.6. The number of amides is 2. The standard InChI is InChI=1S/C17H27N3O2S/c1-3-8-19(9-4-2)16(21)12-15-17(22)18-7-10-20(15)13-14-6-5-11-23-14/h5-6,11,15H,3-4,7-10,12-13H2,1-2H3,(H,18,22). The van der Waals surface area contributed by atoms with Crippen molar-refractivity contribution < 1.29 is 9.59 Å². The Labute approximate surface area is 142 Å². The van der Waals surface area contributed by atoms with Crippen molar-refractivity contribution in [3.8, 4) is 0 Å². The normalized spacial score (nSPS) is 18.7. The molecule has 1 unspecified atom stereocenters. The molecule has 23 heavy (non-hydrogen) atoms. The number of rotatable bonds is 8. The zero-order chi connectivity index (χ0) is 16.7. The van der Waals surface area contributed by atoms with E-state index >= 15 is 0 Å². The van der Waals surface area contributed by atoms with Crippen molar-refractivity contribution in [3.63, 3.8) is 0 Å². The third-order valence-corrected chi connectivity index (χ3v) is 4.95. The molecule has 1 aromatic rings. The highest BCUT2D eigenvalue weighted by molar-refractivity contribution is 7.09. The molecule has 0 saturated carbocycles. The molecule has 1 fully saturated rings. The molecule has 5 nitrogen and oxygen atoms in total. The van der Waals surface area contributed by atoms with E-state index in [4.69, 9.17) is 0 Å². The van der Waals surface area contributed by atoms with Crippen LogP contribution in [0.5, 0.6) is 0 Å². The van der Waals surface area contributed by atoms with E-state index in [0.29, 0.717) is 6.54 Å². The van der Waals surface area contributed by atoms with Crippen molar-refractivity contribution in [2.24, 2.45) is 0 Å². The lowest BCUT2D eigenvalue weighted by atomic mass is 10.1. The van der Waals surface area contributed by atoms with Crippen molar-refractivity contribution in [1.82, 2.24) is 15.1 Å². The molecule has 0 aromatic carbocycles. The van der Waals surface area contributed by atoms with Crippen LogP contribution in [-0.4, -0.2) is 53.8 Å². The average molecular weight is 337 g/mol. The first-order valence-electron chi connectivity index (χ1n) is 8.47. The molecule has 1 aromatic heterocycles. The molecule has 1 atom stereocenters. The first-order valence-corrected chi connectivity index (χ1v) is 9.35. The van der Waals surface area contributed by atoms with Gasteiger partial charge in [-0.2, -0.15) is 0 Å². The zero-order valence-corrected chi connectivity index (χ0v) is 14.9.